The van der Waals surface area contributed by atoms with Crippen molar-refractivity contribution in [1.29, 1.82) is 0 Å². The number of anilines is 2. The van der Waals surface area contributed by atoms with Crippen LogP contribution in [0.3, 0.4) is 0 Å². The minimum absolute atomic E-state index is 0.554. The second-order valence-electron chi connectivity index (χ2n) is 5.75. The molecule has 1 aromatic heterocycles. The van der Waals surface area contributed by atoms with Crippen molar-refractivity contribution in [3.8, 4) is 11.3 Å². The van der Waals surface area contributed by atoms with E-state index in [1.54, 1.807) is 0 Å². The van der Waals surface area contributed by atoms with E-state index in [4.69, 9.17) is 5.73 Å². The average molecular weight is 299 g/mol. The maximum Gasteiger partial charge on any atom is 0.341 e. The Morgan fingerprint density at radius 1 is 1.27 bits per heavy atom. The summed E-state index contributed by atoms with van der Waals surface area (Å²) in [7, 11) is 4.01. The Morgan fingerprint density at radius 2 is 2.00 bits per heavy atom. The van der Waals surface area contributed by atoms with Gasteiger partial charge < -0.3 is 16.0 Å². The lowest BCUT2D eigenvalue weighted by molar-refractivity contribution is 0.248. The Bertz CT molecular complexity index is 687. The molecule has 0 spiro atoms. The first-order valence-electron chi connectivity index (χ1n) is 7.51. The number of benzene rings is 1. The van der Waals surface area contributed by atoms with Crippen molar-refractivity contribution in [2.75, 3.05) is 30.9 Å². The van der Waals surface area contributed by atoms with Crippen molar-refractivity contribution < 1.29 is 4.79 Å². The van der Waals surface area contributed by atoms with Crippen LogP contribution in [-0.4, -0.2) is 36.5 Å². The van der Waals surface area contributed by atoms with Gasteiger partial charge in [0.1, 0.15) is 5.82 Å². The smallest absolute Gasteiger partial charge is 0.341 e. The third-order valence-electron chi connectivity index (χ3n) is 4.00. The third kappa shape index (κ3) is 2.52. The summed E-state index contributed by atoms with van der Waals surface area (Å²) in [5.41, 5.74) is 9.51. The topological polar surface area (TPSA) is 76.2 Å². The maximum atomic E-state index is 11.6. The molecular weight excluding hydrogens is 278 g/mol. The van der Waals surface area contributed by atoms with Crippen LogP contribution in [0.1, 0.15) is 18.4 Å². The molecule has 0 aliphatic carbocycles. The first kappa shape index (κ1) is 14.4. The minimum Gasteiger partial charge on any atom is -0.378 e. The van der Waals surface area contributed by atoms with Crippen LogP contribution in [0, 0.1) is 0 Å². The van der Waals surface area contributed by atoms with Gasteiger partial charge in [-0.25, -0.2) is 4.79 Å². The number of nitrogens with zero attached hydrogens (tertiary/aromatic N) is 3. The molecule has 6 heteroatoms. The number of amides is 1. The number of rotatable bonds is 2. The lowest BCUT2D eigenvalue weighted by Crippen LogP contribution is -2.23. The zero-order valence-electron chi connectivity index (χ0n) is 13.0. The van der Waals surface area contributed by atoms with Gasteiger partial charge in [-0.15, -0.1) is 0 Å². The Labute approximate surface area is 129 Å². The number of nitrogens with one attached hydrogen (secondary N) is 1. The van der Waals surface area contributed by atoms with Gasteiger partial charge >= 0.3 is 6.03 Å². The SMILES string of the molecule is CN(C)c1ccc(-c2nn(C(N)=O)c3c2CCCCN3)cc1. The molecular formula is C16H21N5O. The molecule has 3 N–H and O–H groups in total. The zero-order valence-corrected chi connectivity index (χ0v) is 13.0. The van der Waals surface area contributed by atoms with E-state index in [2.05, 4.69) is 22.5 Å². The molecule has 3 rings (SSSR count). The Kier molecular flexibility index (Phi) is 3.75. The fourth-order valence-electron chi connectivity index (χ4n) is 2.81. The number of carbonyl (C=O) groups excluding carboxylic acids is 1. The molecule has 0 unspecified atom stereocenters. The van der Waals surface area contributed by atoms with Gasteiger partial charge in [0.15, 0.2) is 0 Å². The highest BCUT2D eigenvalue weighted by molar-refractivity contribution is 5.82. The highest BCUT2D eigenvalue weighted by Gasteiger charge is 2.22. The van der Waals surface area contributed by atoms with Crippen LogP contribution < -0.4 is 16.0 Å². The molecule has 1 amide bonds. The van der Waals surface area contributed by atoms with Crippen LogP contribution in [0.2, 0.25) is 0 Å². The largest absolute Gasteiger partial charge is 0.378 e. The standard InChI is InChI=1S/C16H21N5O/c1-20(2)12-8-6-11(7-9-12)14-13-5-3-4-10-18-15(13)21(19-14)16(17)22/h6-9,18H,3-5,10H2,1-2H3,(H2,17,22). The van der Waals surface area contributed by atoms with Gasteiger partial charge in [-0.2, -0.15) is 9.78 Å². The highest BCUT2D eigenvalue weighted by Crippen LogP contribution is 2.32. The van der Waals surface area contributed by atoms with Gasteiger partial charge in [-0.05, 0) is 31.4 Å². The van der Waals surface area contributed by atoms with Crippen LogP contribution >= 0.6 is 0 Å². The molecule has 1 aliphatic heterocycles. The number of hydrogen-bond acceptors (Lipinski definition) is 4. The summed E-state index contributed by atoms with van der Waals surface area (Å²) in [4.78, 5) is 13.7. The van der Waals surface area contributed by atoms with Crippen LogP contribution in [-0.2, 0) is 6.42 Å². The second-order valence-corrected chi connectivity index (χ2v) is 5.75. The molecule has 22 heavy (non-hydrogen) atoms. The molecule has 0 atom stereocenters. The molecule has 0 radical (unpaired) electrons. The predicted octanol–water partition coefficient (Wildman–Crippen LogP) is 2.29. The molecule has 0 fully saturated rings. The first-order valence-corrected chi connectivity index (χ1v) is 7.51. The monoisotopic (exact) mass is 299 g/mol. The van der Waals surface area contributed by atoms with Crippen molar-refractivity contribution >= 4 is 17.5 Å². The zero-order chi connectivity index (χ0) is 15.7. The quantitative estimate of drug-likeness (QED) is 0.892. The van der Waals surface area contributed by atoms with Crippen molar-refractivity contribution in [2.45, 2.75) is 19.3 Å². The summed E-state index contributed by atoms with van der Waals surface area (Å²) in [6.45, 7) is 0.838. The van der Waals surface area contributed by atoms with Crippen LogP contribution in [0.5, 0.6) is 0 Å². The van der Waals surface area contributed by atoms with Gasteiger partial charge in [0.2, 0.25) is 0 Å². The average Bonchev–Trinajstić information content (AvgIpc) is 2.69. The Hall–Kier alpha value is -2.50. The van der Waals surface area contributed by atoms with E-state index < -0.39 is 6.03 Å². The number of carbonyl (C=O) groups is 1. The number of fused-ring (bicyclic) bond motifs is 1. The maximum absolute atomic E-state index is 11.6. The van der Waals surface area contributed by atoms with Crippen LogP contribution in [0.15, 0.2) is 24.3 Å². The summed E-state index contributed by atoms with van der Waals surface area (Å²) in [5, 5.41) is 7.73. The molecule has 6 nitrogen and oxygen atoms in total. The van der Waals surface area contributed by atoms with E-state index in [0.29, 0.717) is 0 Å². The molecule has 0 saturated carbocycles. The summed E-state index contributed by atoms with van der Waals surface area (Å²) >= 11 is 0. The Balaban J connectivity index is 2.08. The Morgan fingerprint density at radius 3 is 2.64 bits per heavy atom. The summed E-state index contributed by atoms with van der Waals surface area (Å²) < 4.78 is 1.29. The van der Waals surface area contributed by atoms with E-state index in [1.165, 1.54) is 4.68 Å². The van der Waals surface area contributed by atoms with E-state index >= 15 is 0 Å². The van der Waals surface area contributed by atoms with Gasteiger partial charge in [0.25, 0.3) is 0 Å². The number of primary amides is 1. The number of hydrogen-bond donors (Lipinski definition) is 2. The first-order chi connectivity index (χ1) is 10.6. The van der Waals surface area contributed by atoms with Crippen molar-refractivity contribution in [3.63, 3.8) is 0 Å². The molecule has 1 aromatic carbocycles. The summed E-state index contributed by atoms with van der Waals surface area (Å²) in [6, 6.07) is 7.62. The molecule has 0 saturated heterocycles. The van der Waals surface area contributed by atoms with Gasteiger partial charge in [-0.1, -0.05) is 12.1 Å². The van der Waals surface area contributed by atoms with Crippen LogP contribution in [0.25, 0.3) is 11.3 Å². The minimum atomic E-state index is -0.554. The van der Waals surface area contributed by atoms with Gasteiger partial charge in [0.05, 0.1) is 5.69 Å². The predicted molar refractivity (Wildman–Crippen MR) is 88.4 cm³/mol. The lowest BCUT2D eigenvalue weighted by Gasteiger charge is -2.12. The molecule has 116 valence electrons. The third-order valence-corrected chi connectivity index (χ3v) is 4.00. The lowest BCUT2D eigenvalue weighted by atomic mass is 10.0. The molecule has 1 aliphatic rings. The van der Waals surface area contributed by atoms with Crippen molar-refractivity contribution in [1.82, 2.24) is 9.78 Å². The normalized spacial score (nSPS) is 13.9. The van der Waals surface area contributed by atoms with E-state index in [1.807, 2.05) is 31.1 Å². The van der Waals surface area contributed by atoms with Gasteiger partial charge in [-0.3, -0.25) is 0 Å². The van der Waals surface area contributed by atoms with Crippen molar-refractivity contribution in [3.05, 3.63) is 29.8 Å². The summed E-state index contributed by atoms with van der Waals surface area (Å²) in [6.07, 6.45) is 3.06. The van der Waals surface area contributed by atoms with Crippen molar-refractivity contribution in [2.24, 2.45) is 5.73 Å². The number of aromatic nitrogens is 2. The van der Waals surface area contributed by atoms with E-state index in [0.717, 1.165) is 54.1 Å². The molecule has 2 heterocycles. The summed E-state index contributed by atoms with van der Waals surface area (Å²) in [5.74, 6) is 0.747. The highest BCUT2D eigenvalue weighted by atomic mass is 16.2. The fraction of sp³-hybridized carbons (Fsp3) is 0.375. The van der Waals surface area contributed by atoms with Gasteiger partial charge in [0, 0.05) is 37.5 Å². The number of nitrogens with two attached hydrogens (primary N) is 1. The van der Waals surface area contributed by atoms with E-state index in [9.17, 15) is 4.79 Å². The molecule has 2 aromatic rings. The van der Waals surface area contributed by atoms with Crippen LogP contribution in [0.4, 0.5) is 16.3 Å². The fourth-order valence-corrected chi connectivity index (χ4v) is 2.81. The second kappa shape index (κ2) is 5.71. The molecule has 0 bridgehead atoms. The van der Waals surface area contributed by atoms with E-state index in [-0.39, 0.29) is 0 Å².